The molecule has 10 heteroatoms. The molecule has 164 valence electrons. The summed E-state index contributed by atoms with van der Waals surface area (Å²) in [7, 11) is -2.51. The molecule has 0 atom stereocenters. The normalized spacial score (nSPS) is 10.7. The molecule has 0 saturated heterocycles. The highest BCUT2D eigenvalue weighted by Gasteiger charge is 2.18. The summed E-state index contributed by atoms with van der Waals surface area (Å²) in [6.45, 7) is -0.379. The predicted octanol–water partition coefficient (Wildman–Crippen LogP) is 4.15. The maximum absolute atomic E-state index is 12.8. The third kappa shape index (κ3) is 5.78. The van der Waals surface area contributed by atoms with Crippen molar-refractivity contribution in [3.05, 3.63) is 76.8 Å². The second-order valence-electron chi connectivity index (χ2n) is 6.42. The Balaban J connectivity index is 1.76. The van der Waals surface area contributed by atoms with Crippen molar-refractivity contribution in [2.45, 2.75) is 4.90 Å². The molecule has 0 radical (unpaired) electrons. The van der Waals surface area contributed by atoms with E-state index in [9.17, 15) is 13.2 Å². The summed E-state index contributed by atoms with van der Waals surface area (Å²) < 4.78 is 39.5. The largest absolute Gasteiger partial charge is 0.495 e. The summed E-state index contributed by atoms with van der Waals surface area (Å²) in [6.07, 6.45) is 0. The zero-order valence-corrected chi connectivity index (χ0v) is 19.2. The molecule has 3 rings (SSSR count). The van der Waals surface area contributed by atoms with Gasteiger partial charge in [-0.05, 0) is 54.6 Å². The smallest absolute Gasteiger partial charge is 0.262 e. The maximum atomic E-state index is 12.8. The van der Waals surface area contributed by atoms with E-state index in [1.807, 2.05) is 6.07 Å². The van der Waals surface area contributed by atoms with Crippen molar-refractivity contribution in [2.24, 2.45) is 0 Å². The van der Waals surface area contributed by atoms with Crippen LogP contribution in [0.3, 0.4) is 0 Å². The molecule has 32 heavy (non-hydrogen) atoms. The summed E-state index contributed by atoms with van der Waals surface area (Å²) in [6, 6.07) is 19.3. The van der Waals surface area contributed by atoms with E-state index in [1.54, 1.807) is 48.5 Å². The molecular weight excluding hydrogens is 498 g/mol. The van der Waals surface area contributed by atoms with Crippen molar-refractivity contribution in [3.8, 4) is 17.6 Å². The summed E-state index contributed by atoms with van der Waals surface area (Å²) in [5, 5.41) is 11.7. The van der Waals surface area contributed by atoms with Gasteiger partial charge in [0.25, 0.3) is 15.9 Å². The Labute approximate surface area is 194 Å². The minimum absolute atomic E-state index is 0.0627. The maximum Gasteiger partial charge on any atom is 0.262 e. The van der Waals surface area contributed by atoms with E-state index in [0.717, 1.165) is 4.47 Å². The number of nitrogens with one attached hydrogen (secondary N) is 2. The number of rotatable bonds is 8. The molecule has 0 unspecified atom stereocenters. The predicted molar refractivity (Wildman–Crippen MR) is 123 cm³/mol. The zero-order chi connectivity index (χ0) is 23.1. The molecule has 0 aromatic heterocycles. The number of halogens is 1. The SMILES string of the molecule is COc1ccc(S(=O)(=O)Nc2ccc(Br)cc2)cc1NC(=O)COc1ccccc1C#N. The van der Waals surface area contributed by atoms with E-state index >= 15 is 0 Å². The minimum Gasteiger partial charge on any atom is -0.495 e. The highest BCUT2D eigenvalue weighted by Crippen LogP contribution is 2.29. The number of ether oxygens (including phenoxy) is 2. The number of sulfonamides is 1. The van der Waals surface area contributed by atoms with Gasteiger partial charge in [0.1, 0.15) is 17.6 Å². The van der Waals surface area contributed by atoms with Crippen LogP contribution in [-0.4, -0.2) is 28.0 Å². The Kier molecular flexibility index (Phi) is 7.35. The van der Waals surface area contributed by atoms with Gasteiger partial charge in [-0.15, -0.1) is 0 Å². The molecule has 1 amide bonds. The third-order valence-corrected chi connectivity index (χ3v) is 6.13. The van der Waals surface area contributed by atoms with Gasteiger partial charge in [-0.2, -0.15) is 5.26 Å². The van der Waals surface area contributed by atoms with Crippen LogP contribution in [0.4, 0.5) is 11.4 Å². The van der Waals surface area contributed by atoms with Crippen molar-refractivity contribution in [3.63, 3.8) is 0 Å². The van der Waals surface area contributed by atoms with Crippen molar-refractivity contribution in [1.29, 1.82) is 5.26 Å². The number of methoxy groups -OCH3 is 1. The molecule has 0 fully saturated rings. The van der Waals surface area contributed by atoms with Crippen LogP contribution in [-0.2, 0) is 14.8 Å². The van der Waals surface area contributed by atoms with Gasteiger partial charge in [0.15, 0.2) is 6.61 Å². The number of hydrogen-bond donors (Lipinski definition) is 2. The van der Waals surface area contributed by atoms with Gasteiger partial charge in [-0.1, -0.05) is 28.1 Å². The highest BCUT2D eigenvalue weighted by molar-refractivity contribution is 9.10. The molecule has 0 saturated carbocycles. The highest BCUT2D eigenvalue weighted by atomic mass is 79.9. The lowest BCUT2D eigenvalue weighted by molar-refractivity contribution is -0.118. The summed E-state index contributed by atoms with van der Waals surface area (Å²) in [5.41, 5.74) is 0.845. The van der Waals surface area contributed by atoms with E-state index in [-0.39, 0.29) is 28.7 Å². The molecule has 8 nitrogen and oxygen atoms in total. The molecular formula is C22H18BrN3O5S. The molecule has 0 aliphatic heterocycles. The third-order valence-electron chi connectivity index (χ3n) is 4.22. The number of benzene rings is 3. The van der Waals surface area contributed by atoms with Gasteiger partial charge < -0.3 is 14.8 Å². The van der Waals surface area contributed by atoms with Gasteiger partial charge in [0, 0.05) is 10.2 Å². The first-order valence-electron chi connectivity index (χ1n) is 9.20. The van der Waals surface area contributed by atoms with Gasteiger partial charge in [-0.3, -0.25) is 9.52 Å². The van der Waals surface area contributed by atoms with Gasteiger partial charge in [0.2, 0.25) is 0 Å². The second kappa shape index (κ2) is 10.2. The minimum atomic E-state index is -3.91. The molecule has 3 aromatic rings. The topological polar surface area (TPSA) is 118 Å². The van der Waals surface area contributed by atoms with Crippen LogP contribution in [0.25, 0.3) is 0 Å². The van der Waals surface area contributed by atoms with Crippen molar-refractivity contribution in [1.82, 2.24) is 0 Å². The van der Waals surface area contributed by atoms with Crippen molar-refractivity contribution in [2.75, 3.05) is 23.8 Å². The fourth-order valence-corrected chi connectivity index (χ4v) is 4.05. The Morgan fingerprint density at radius 1 is 1.06 bits per heavy atom. The lowest BCUT2D eigenvalue weighted by Gasteiger charge is -2.14. The number of carbonyl (C=O) groups excluding carboxylic acids is 1. The molecule has 0 aliphatic rings. The van der Waals surface area contributed by atoms with Crippen LogP contribution in [0.15, 0.2) is 76.1 Å². The van der Waals surface area contributed by atoms with E-state index in [0.29, 0.717) is 11.3 Å². The number of amides is 1. The average molecular weight is 516 g/mol. The summed E-state index contributed by atoms with van der Waals surface area (Å²) in [5.74, 6) is -0.00281. The number of nitrogens with zero attached hydrogens (tertiary/aromatic N) is 1. The molecule has 3 aromatic carbocycles. The lowest BCUT2D eigenvalue weighted by Crippen LogP contribution is -2.21. The molecule has 0 bridgehead atoms. The standard InChI is InChI=1S/C22H18BrN3O5S/c1-30-21-11-10-18(32(28,29)26-17-8-6-16(23)7-9-17)12-19(21)25-22(27)14-31-20-5-3-2-4-15(20)13-24/h2-12,26H,14H2,1H3,(H,25,27). The van der Waals surface area contributed by atoms with Gasteiger partial charge >= 0.3 is 0 Å². The molecule has 0 heterocycles. The van der Waals surface area contributed by atoms with Crippen LogP contribution in [0.1, 0.15) is 5.56 Å². The number of para-hydroxylation sites is 1. The van der Waals surface area contributed by atoms with E-state index in [2.05, 4.69) is 26.0 Å². The number of carbonyl (C=O) groups is 1. The average Bonchev–Trinajstić information content (AvgIpc) is 2.79. The second-order valence-corrected chi connectivity index (χ2v) is 9.02. The Morgan fingerprint density at radius 3 is 2.47 bits per heavy atom. The first kappa shape index (κ1) is 23.1. The van der Waals surface area contributed by atoms with Crippen LogP contribution in [0.2, 0.25) is 0 Å². The monoisotopic (exact) mass is 515 g/mol. The Hall–Kier alpha value is -3.55. The fourth-order valence-electron chi connectivity index (χ4n) is 2.70. The van der Waals surface area contributed by atoms with Crippen LogP contribution < -0.4 is 19.5 Å². The summed E-state index contributed by atoms with van der Waals surface area (Å²) in [4.78, 5) is 12.3. The van der Waals surface area contributed by atoms with Crippen LogP contribution >= 0.6 is 15.9 Å². The van der Waals surface area contributed by atoms with Gasteiger partial charge in [0.05, 0.1) is 23.3 Å². The quantitative estimate of drug-likeness (QED) is 0.465. The van der Waals surface area contributed by atoms with E-state index in [1.165, 1.54) is 25.3 Å². The van der Waals surface area contributed by atoms with Crippen LogP contribution in [0, 0.1) is 11.3 Å². The Morgan fingerprint density at radius 2 is 1.78 bits per heavy atom. The van der Waals surface area contributed by atoms with Gasteiger partial charge in [-0.25, -0.2) is 8.42 Å². The van der Waals surface area contributed by atoms with E-state index < -0.39 is 15.9 Å². The molecule has 0 spiro atoms. The number of anilines is 2. The van der Waals surface area contributed by atoms with Crippen LogP contribution in [0.5, 0.6) is 11.5 Å². The first-order chi connectivity index (χ1) is 15.3. The Bertz CT molecular complexity index is 1270. The number of hydrogen-bond acceptors (Lipinski definition) is 6. The molecule has 0 aliphatic carbocycles. The van der Waals surface area contributed by atoms with Crippen molar-refractivity contribution < 1.29 is 22.7 Å². The zero-order valence-electron chi connectivity index (χ0n) is 16.8. The fraction of sp³-hybridized carbons (Fsp3) is 0.0909. The first-order valence-corrected chi connectivity index (χ1v) is 11.5. The summed E-state index contributed by atoms with van der Waals surface area (Å²) >= 11 is 3.30. The lowest BCUT2D eigenvalue weighted by atomic mass is 10.2. The number of nitriles is 1. The van der Waals surface area contributed by atoms with E-state index in [4.69, 9.17) is 14.7 Å². The molecule has 2 N–H and O–H groups in total. The van der Waals surface area contributed by atoms with Crippen molar-refractivity contribution >= 4 is 43.2 Å².